The van der Waals surface area contributed by atoms with Crippen molar-refractivity contribution >= 4 is 0 Å². The molecule has 0 spiro atoms. The third kappa shape index (κ3) is 1.94. The van der Waals surface area contributed by atoms with Crippen LogP contribution in [0, 0.1) is 12.3 Å². The number of likely N-dealkylation sites (N-methyl/N-ethyl adjacent to an activating group) is 1. The van der Waals surface area contributed by atoms with Gasteiger partial charge in [-0.25, -0.2) is 0 Å². The van der Waals surface area contributed by atoms with Crippen LogP contribution < -0.4 is 0 Å². The van der Waals surface area contributed by atoms with Gasteiger partial charge in [0.1, 0.15) is 0 Å². The zero-order valence-corrected chi connectivity index (χ0v) is 9.08. The van der Waals surface area contributed by atoms with Gasteiger partial charge < -0.3 is 4.90 Å². The molecule has 0 aliphatic carbocycles. The Labute approximate surface area is 87.3 Å². The lowest BCUT2D eigenvalue weighted by atomic mass is 10.1. The Balaban J connectivity index is 1.90. The lowest BCUT2D eigenvalue weighted by Gasteiger charge is -2.24. The number of terminal acetylenes is 1. The van der Waals surface area contributed by atoms with Crippen molar-refractivity contribution in [1.29, 1.82) is 0 Å². The summed E-state index contributed by atoms with van der Waals surface area (Å²) in [5, 5.41) is 0. The van der Waals surface area contributed by atoms with Gasteiger partial charge in [0.15, 0.2) is 0 Å². The summed E-state index contributed by atoms with van der Waals surface area (Å²) in [6.07, 6.45) is 10.3. The topological polar surface area (TPSA) is 6.48 Å². The molecular formula is C12H20N2. The molecule has 14 heavy (non-hydrogen) atoms. The Bertz CT molecular complexity index is 231. The molecule has 2 rings (SSSR count). The predicted molar refractivity (Wildman–Crippen MR) is 59.1 cm³/mol. The zero-order chi connectivity index (χ0) is 9.97. The van der Waals surface area contributed by atoms with Crippen molar-refractivity contribution in [1.82, 2.24) is 9.80 Å². The minimum atomic E-state index is 0.792. The molecule has 2 bridgehead atoms. The maximum atomic E-state index is 5.30. The van der Waals surface area contributed by atoms with Crippen LogP contribution in [0.5, 0.6) is 0 Å². The summed E-state index contributed by atoms with van der Waals surface area (Å²) >= 11 is 0. The number of nitrogens with zero attached hydrogens (tertiary/aromatic N) is 2. The van der Waals surface area contributed by atoms with Crippen LogP contribution in [0.1, 0.15) is 25.7 Å². The number of rotatable bonds is 2. The Morgan fingerprint density at radius 1 is 1.29 bits per heavy atom. The van der Waals surface area contributed by atoms with Crippen molar-refractivity contribution in [2.45, 2.75) is 37.8 Å². The summed E-state index contributed by atoms with van der Waals surface area (Å²) in [6.45, 7) is 3.56. The van der Waals surface area contributed by atoms with Gasteiger partial charge in [0.25, 0.3) is 0 Å². The molecule has 2 aliphatic rings. The van der Waals surface area contributed by atoms with E-state index in [2.05, 4.69) is 22.8 Å². The van der Waals surface area contributed by atoms with E-state index in [-0.39, 0.29) is 0 Å². The molecule has 0 amide bonds. The minimum absolute atomic E-state index is 0.792. The third-order valence-corrected chi connectivity index (χ3v) is 3.80. The van der Waals surface area contributed by atoms with Gasteiger partial charge >= 0.3 is 0 Å². The van der Waals surface area contributed by atoms with Crippen molar-refractivity contribution in [2.24, 2.45) is 0 Å². The molecule has 0 aromatic heterocycles. The number of fused-ring (bicyclic) bond motifs is 2. The zero-order valence-electron chi connectivity index (χ0n) is 9.08. The average Bonchev–Trinajstić information content (AvgIpc) is 2.40. The third-order valence-electron chi connectivity index (χ3n) is 3.80. The van der Waals surface area contributed by atoms with Crippen LogP contribution in [0.2, 0.25) is 0 Å². The Kier molecular flexibility index (Phi) is 3.10. The van der Waals surface area contributed by atoms with Gasteiger partial charge in [-0.1, -0.05) is 0 Å². The number of hydrogen-bond donors (Lipinski definition) is 0. The van der Waals surface area contributed by atoms with Gasteiger partial charge in [0, 0.05) is 31.6 Å². The molecule has 78 valence electrons. The monoisotopic (exact) mass is 192 g/mol. The van der Waals surface area contributed by atoms with Crippen LogP contribution in [-0.4, -0.2) is 48.6 Å². The summed E-state index contributed by atoms with van der Waals surface area (Å²) in [7, 11) is 2.28. The highest BCUT2D eigenvalue weighted by atomic mass is 15.3. The molecule has 2 unspecified atom stereocenters. The summed E-state index contributed by atoms with van der Waals surface area (Å²) in [4.78, 5) is 5.12. The van der Waals surface area contributed by atoms with Crippen LogP contribution in [-0.2, 0) is 0 Å². The van der Waals surface area contributed by atoms with Gasteiger partial charge in [0.2, 0.25) is 0 Å². The molecule has 0 aromatic rings. The van der Waals surface area contributed by atoms with E-state index in [4.69, 9.17) is 6.42 Å². The second-order valence-corrected chi connectivity index (χ2v) is 4.59. The quantitative estimate of drug-likeness (QED) is 0.606. The smallest absolute Gasteiger partial charge is 0.0223 e. The predicted octanol–water partition coefficient (Wildman–Crippen LogP) is 1.18. The second kappa shape index (κ2) is 4.33. The fourth-order valence-electron chi connectivity index (χ4n) is 2.80. The summed E-state index contributed by atoms with van der Waals surface area (Å²) in [6, 6.07) is 1.64. The van der Waals surface area contributed by atoms with E-state index < -0.39 is 0 Å². The molecule has 0 N–H and O–H groups in total. The van der Waals surface area contributed by atoms with E-state index >= 15 is 0 Å². The SMILES string of the molecule is C#CCCN1CCC2CCC(C1)N2C. The van der Waals surface area contributed by atoms with Crippen molar-refractivity contribution in [3.8, 4) is 12.3 Å². The first kappa shape index (κ1) is 10.0. The van der Waals surface area contributed by atoms with Crippen LogP contribution in [0.4, 0.5) is 0 Å². The maximum Gasteiger partial charge on any atom is 0.0223 e. The average molecular weight is 192 g/mol. The molecule has 2 heteroatoms. The molecule has 2 aliphatic heterocycles. The molecular weight excluding hydrogens is 172 g/mol. The fraction of sp³-hybridized carbons (Fsp3) is 0.833. The van der Waals surface area contributed by atoms with E-state index in [0.29, 0.717) is 0 Å². The summed E-state index contributed by atoms with van der Waals surface area (Å²) < 4.78 is 0. The largest absolute Gasteiger partial charge is 0.301 e. The molecule has 2 atom stereocenters. The van der Waals surface area contributed by atoms with Crippen LogP contribution in [0.3, 0.4) is 0 Å². The van der Waals surface area contributed by atoms with Crippen LogP contribution in [0.15, 0.2) is 0 Å². The van der Waals surface area contributed by atoms with Crippen molar-refractivity contribution < 1.29 is 0 Å². The van der Waals surface area contributed by atoms with E-state index in [1.165, 1.54) is 32.4 Å². The van der Waals surface area contributed by atoms with Crippen LogP contribution >= 0.6 is 0 Å². The standard InChI is InChI=1S/C12H20N2/c1-3-4-8-14-9-7-11-5-6-12(10-14)13(11)2/h1,11-12H,4-10H2,2H3. The Morgan fingerprint density at radius 3 is 2.86 bits per heavy atom. The van der Waals surface area contributed by atoms with E-state index in [0.717, 1.165) is 25.0 Å². The highest BCUT2D eigenvalue weighted by Crippen LogP contribution is 2.28. The van der Waals surface area contributed by atoms with Gasteiger partial charge in [-0.05, 0) is 32.9 Å². The van der Waals surface area contributed by atoms with E-state index in [9.17, 15) is 0 Å². The molecule has 2 nitrogen and oxygen atoms in total. The van der Waals surface area contributed by atoms with Gasteiger partial charge in [0.05, 0.1) is 0 Å². The second-order valence-electron chi connectivity index (χ2n) is 4.59. The van der Waals surface area contributed by atoms with Gasteiger partial charge in [-0.2, -0.15) is 0 Å². The van der Waals surface area contributed by atoms with Crippen molar-refractivity contribution in [3.05, 3.63) is 0 Å². The molecule has 2 heterocycles. The number of likely N-dealkylation sites (tertiary alicyclic amines) is 1. The lowest BCUT2D eigenvalue weighted by molar-refractivity contribution is 0.221. The number of hydrogen-bond acceptors (Lipinski definition) is 2. The first-order valence-corrected chi connectivity index (χ1v) is 5.69. The fourth-order valence-corrected chi connectivity index (χ4v) is 2.80. The first-order valence-electron chi connectivity index (χ1n) is 5.69. The van der Waals surface area contributed by atoms with Gasteiger partial charge in [-0.15, -0.1) is 12.3 Å². The van der Waals surface area contributed by atoms with E-state index in [1.54, 1.807) is 0 Å². The summed E-state index contributed by atoms with van der Waals surface area (Å²) in [5.74, 6) is 2.74. The normalized spacial score (nSPS) is 34.0. The molecule has 0 saturated carbocycles. The Morgan fingerprint density at radius 2 is 2.07 bits per heavy atom. The molecule has 0 aromatic carbocycles. The first-order chi connectivity index (χ1) is 6.81. The van der Waals surface area contributed by atoms with Crippen LogP contribution in [0.25, 0.3) is 0 Å². The highest BCUT2D eigenvalue weighted by molar-refractivity contribution is 4.92. The minimum Gasteiger partial charge on any atom is -0.301 e. The molecule has 2 saturated heterocycles. The molecule has 0 radical (unpaired) electrons. The van der Waals surface area contributed by atoms with Gasteiger partial charge in [-0.3, -0.25) is 4.90 Å². The molecule has 2 fully saturated rings. The van der Waals surface area contributed by atoms with Crippen molar-refractivity contribution in [2.75, 3.05) is 26.7 Å². The Hall–Kier alpha value is -0.520. The lowest BCUT2D eigenvalue weighted by Crippen LogP contribution is -2.36. The van der Waals surface area contributed by atoms with E-state index in [1.807, 2.05) is 0 Å². The van der Waals surface area contributed by atoms with Crippen molar-refractivity contribution in [3.63, 3.8) is 0 Å². The highest BCUT2D eigenvalue weighted by Gasteiger charge is 2.34. The maximum absolute atomic E-state index is 5.30. The summed E-state index contributed by atoms with van der Waals surface area (Å²) in [5.41, 5.74) is 0.